The maximum absolute atomic E-state index is 14.0. The van der Waals surface area contributed by atoms with Crippen LogP contribution in [-0.2, 0) is 41.1 Å². The summed E-state index contributed by atoms with van der Waals surface area (Å²) in [5.74, 6) is -0.668. The number of nitrogens with one attached hydrogen (secondary N) is 2. The van der Waals surface area contributed by atoms with Gasteiger partial charge in [0.25, 0.3) is 0 Å². The molecule has 0 fully saturated rings. The molecule has 246 valence electrons. The van der Waals surface area contributed by atoms with E-state index in [0.29, 0.717) is 23.3 Å². The first-order chi connectivity index (χ1) is 20.9. The fourth-order valence-electron chi connectivity index (χ4n) is 4.00. The van der Waals surface area contributed by atoms with Crippen molar-refractivity contribution in [1.82, 2.24) is 9.79 Å². The van der Waals surface area contributed by atoms with E-state index in [9.17, 15) is 21.6 Å². The van der Waals surface area contributed by atoms with Crippen molar-refractivity contribution in [2.24, 2.45) is 5.73 Å². The van der Waals surface area contributed by atoms with Crippen molar-refractivity contribution in [3.05, 3.63) is 83.9 Å². The van der Waals surface area contributed by atoms with E-state index in [1.54, 1.807) is 50.2 Å². The van der Waals surface area contributed by atoms with Gasteiger partial charge in [0.05, 0.1) is 26.2 Å². The van der Waals surface area contributed by atoms with Gasteiger partial charge in [0.1, 0.15) is 21.3 Å². The van der Waals surface area contributed by atoms with Crippen LogP contribution < -0.4 is 20.1 Å². The first-order valence-corrected chi connectivity index (χ1v) is 16.5. The molecular formula is C29H37ClN4O9S2. The Hall–Kier alpha value is -3.89. The van der Waals surface area contributed by atoms with Gasteiger partial charge in [-0.3, -0.25) is 15.0 Å². The van der Waals surface area contributed by atoms with Crippen LogP contribution in [0.15, 0.2) is 82.6 Å². The molecule has 0 unspecified atom stereocenters. The fourth-order valence-corrected chi connectivity index (χ4v) is 7.12. The van der Waals surface area contributed by atoms with Gasteiger partial charge in [-0.05, 0) is 49.2 Å². The summed E-state index contributed by atoms with van der Waals surface area (Å²) in [5, 5.41) is 7.05. The summed E-state index contributed by atoms with van der Waals surface area (Å²) < 4.78 is 72.1. The van der Waals surface area contributed by atoms with Crippen molar-refractivity contribution >= 4 is 44.5 Å². The highest BCUT2D eigenvalue weighted by atomic mass is 35.5. The summed E-state index contributed by atoms with van der Waals surface area (Å²) >= 11 is 0. The Balaban J connectivity index is 0.00000705. The second-order valence-corrected chi connectivity index (χ2v) is 12.8. The molecule has 0 spiro atoms. The molecule has 13 nitrogen and oxygen atoms in total. The Labute approximate surface area is 269 Å². The Morgan fingerprint density at radius 3 is 2.24 bits per heavy atom. The van der Waals surface area contributed by atoms with Gasteiger partial charge in [0.2, 0.25) is 16.0 Å². The van der Waals surface area contributed by atoms with E-state index in [1.165, 1.54) is 30.3 Å². The van der Waals surface area contributed by atoms with Crippen LogP contribution in [0, 0.1) is 12.3 Å². The number of carbonyl (C=O) groups excluding carboxylic acids is 1. The number of ether oxygens (including phenoxy) is 2. The second kappa shape index (κ2) is 17.6. The summed E-state index contributed by atoms with van der Waals surface area (Å²) in [6, 6.07) is 18.4. The largest absolute Gasteiger partial charge is 0.493 e. The minimum absolute atomic E-state index is 0. The molecular weight excluding hydrogens is 648 g/mol. The zero-order valence-electron chi connectivity index (χ0n) is 24.8. The minimum Gasteiger partial charge on any atom is -0.493 e. The molecule has 16 heteroatoms. The lowest BCUT2D eigenvalue weighted by atomic mass is 10.2. The van der Waals surface area contributed by atoms with Gasteiger partial charge in [0, 0.05) is 25.6 Å². The molecule has 3 aromatic rings. The zero-order valence-corrected chi connectivity index (χ0v) is 27.3. The third-order valence-electron chi connectivity index (χ3n) is 5.88. The van der Waals surface area contributed by atoms with Gasteiger partial charge in [-0.1, -0.05) is 42.5 Å². The normalized spacial score (nSPS) is 11.4. The van der Waals surface area contributed by atoms with E-state index >= 15 is 0 Å². The summed E-state index contributed by atoms with van der Waals surface area (Å²) in [7, 11) is -9.11. The number of halogens is 1. The molecule has 3 aromatic carbocycles. The Morgan fingerprint density at radius 2 is 1.58 bits per heavy atom. The number of hydrogen-bond acceptors (Lipinski definition) is 10. The first kappa shape index (κ1) is 37.3. The minimum atomic E-state index is -4.66. The number of nitrogens with zero attached hydrogens (tertiary/aromatic N) is 1. The molecule has 0 amide bonds. The quantitative estimate of drug-likeness (QED) is 0.0471. The van der Waals surface area contributed by atoms with Crippen molar-refractivity contribution in [2.75, 3.05) is 26.4 Å². The Morgan fingerprint density at radius 1 is 0.933 bits per heavy atom. The highest BCUT2D eigenvalue weighted by Gasteiger charge is 2.33. The molecule has 0 aliphatic carbocycles. The Kier molecular flexibility index (Phi) is 14.6. The lowest BCUT2D eigenvalue weighted by Gasteiger charge is -2.23. The molecule has 0 heterocycles. The van der Waals surface area contributed by atoms with E-state index in [1.807, 2.05) is 0 Å². The molecule has 0 saturated carbocycles. The third-order valence-corrected chi connectivity index (χ3v) is 9.22. The van der Waals surface area contributed by atoms with Crippen molar-refractivity contribution in [3.63, 3.8) is 0 Å². The monoisotopic (exact) mass is 684 g/mol. The van der Waals surface area contributed by atoms with Crippen molar-refractivity contribution in [2.45, 2.75) is 43.0 Å². The first-order valence-electron chi connectivity index (χ1n) is 13.6. The van der Waals surface area contributed by atoms with E-state index in [2.05, 4.69) is 5.48 Å². The van der Waals surface area contributed by atoms with Gasteiger partial charge in [0.15, 0.2) is 0 Å². The summed E-state index contributed by atoms with van der Waals surface area (Å²) in [4.78, 5) is 16.0. The van der Waals surface area contributed by atoms with E-state index in [-0.39, 0.29) is 63.4 Å². The smallest absolute Gasteiger partial charge is 0.340 e. The van der Waals surface area contributed by atoms with Crippen LogP contribution in [-0.4, -0.2) is 59.4 Å². The topological polar surface area (TPSA) is 187 Å². The number of hydroxylamine groups is 1. The van der Waals surface area contributed by atoms with Crippen LogP contribution >= 0.6 is 12.4 Å². The van der Waals surface area contributed by atoms with Gasteiger partial charge < -0.3 is 19.4 Å². The third kappa shape index (κ3) is 11.5. The van der Waals surface area contributed by atoms with Gasteiger partial charge in [-0.25, -0.2) is 13.9 Å². The molecule has 0 aromatic heterocycles. The predicted molar refractivity (Wildman–Crippen MR) is 169 cm³/mol. The number of hydrogen-bond donors (Lipinski definition) is 3. The van der Waals surface area contributed by atoms with Crippen LogP contribution in [0.5, 0.6) is 11.5 Å². The molecule has 0 saturated heterocycles. The number of nitrogens with two attached hydrogens (primary N) is 1. The van der Waals surface area contributed by atoms with Crippen molar-refractivity contribution < 1.29 is 40.1 Å². The van der Waals surface area contributed by atoms with Crippen molar-refractivity contribution in [1.29, 1.82) is 5.41 Å². The maximum atomic E-state index is 14.0. The van der Waals surface area contributed by atoms with Crippen LogP contribution in [0.4, 0.5) is 0 Å². The Bertz CT molecular complexity index is 1640. The number of sulfonamides is 1. The van der Waals surface area contributed by atoms with E-state index in [0.717, 1.165) is 10.4 Å². The summed E-state index contributed by atoms with van der Waals surface area (Å²) in [6.45, 7) is 3.57. The van der Waals surface area contributed by atoms with Crippen LogP contribution in [0.25, 0.3) is 0 Å². The van der Waals surface area contributed by atoms with Gasteiger partial charge in [-0.15, -0.1) is 12.4 Å². The number of carbonyl (C=O) groups is 1. The predicted octanol–water partition coefficient (Wildman–Crippen LogP) is 3.51. The number of rotatable bonds is 17. The highest BCUT2D eigenvalue weighted by Crippen LogP contribution is 2.30. The molecule has 0 aliphatic rings. The summed E-state index contributed by atoms with van der Waals surface area (Å²) in [5.41, 5.74) is 8.62. The lowest BCUT2D eigenvalue weighted by Crippen LogP contribution is -2.34. The molecule has 0 radical (unpaired) electrons. The SMILES string of the molecule is CCOC(=O)CCN(Cc1ccccc1)S(=O)(=O)c1ccccc1S(=O)(=O)Oc1cc(C)cc(OCCCONC(=N)N)c1.Cl. The molecule has 45 heavy (non-hydrogen) atoms. The average molecular weight is 685 g/mol. The van der Waals surface area contributed by atoms with Crippen LogP contribution in [0.3, 0.4) is 0 Å². The molecule has 0 aliphatic heterocycles. The zero-order chi connectivity index (χ0) is 32.2. The molecule has 0 atom stereocenters. The van der Waals surface area contributed by atoms with Crippen LogP contribution in [0.1, 0.15) is 30.9 Å². The second-order valence-electron chi connectivity index (χ2n) is 9.41. The lowest BCUT2D eigenvalue weighted by molar-refractivity contribution is -0.143. The fraction of sp³-hybridized carbons (Fsp3) is 0.310. The number of esters is 1. The molecule has 4 N–H and O–H groups in total. The highest BCUT2D eigenvalue weighted by molar-refractivity contribution is 7.91. The van der Waals surface area contributed by atoms with E-state index < -0.39 is 35.9 Å². The standard InChI is InChI=1S/C29H36N4O9S2.ClH/c1-3-39-28(34)14-15-33(21-23-10-5-4-6-11-23)43(35,36)26-12-7-8-13-27(26)44(37,38)42-25-19-22(2)18-24(20-25)40-16-9-17-41-32-29(30)31;/h4-8,10-13,18-20H,3,9,14-17,21H2,1-2H3,(H4,30,31,32);1H. The number of benzene rings is 3. The number of aryl methyl sites for hydroxylation is 1. The maximum Gasteiger partial charge on any atom is 0.340 e. The summed E-state index contributed by atoms with van der Waals surface area (Å²) in [6.07, 6.45) is 0.209. The van der Waals surface area contributed by atoms with E-state index in [4.69, 9.17) is 29.6 Å². The number of guanidine groups is 1. The van der Waals surface area contributed by atoms with Gasteiger partial charge >= 0.3 is 16.1 Å². The van der Waals surface area contributed by atoms with Gasteiger partial charge in [-0.2, -0.15) is 12.7 Å². The van der Waals surface area contributed by atoms with Crippen molar-refractivity contribution in [3.8, 4) is 11.5 Å². The average Bonchev–Trinajstić information content (AvgIpc) is 2.97. The molecule has 3 rings (SSSR count). The molecule has 0 bridgehead atoms. The van der Waals surface area contributed by atoms with Crippen LogP contribution in [0.2, 0.25) is 0 Å².